The van der Waals surface area contributed by atoms with Gasteiger partial charge >= 0.3 is 0 Å². The van der Waals surface area contributed by atoms with Crippen molar-refractivity contribution in [3.8, 4) is 0 Å². The van der Waals surface area contributed by atoms with Crippen LogP contribution in [0.15, 0.2) is 24.3 Å². The maximum absolute atomic E-state index is 11.3. The van der Waals surface area contributed by atoms with E-state index in [2.05, 4.69) is 0 Å². The van der Waals surface area contributed by atoms with Gasteiger partial charge in [-0.3, -0.25) is 14.9 Å². The molecule has 1 unspecified atom stereocenters. The molecule has 0 saturated heterocycles. The van der Waals surface area contributed by atoms with Gasteiger partial charge in [0.05, 0.1) is 4.92 Å². The van der Waals surface area contributed by atoms with Gasteiger partial charge in [-0.1, -0.05) is 19.1 Å². The number of carbonyl (C=O) groups excluding carboxylic acids is 1. The normalized spacial score (nSPS) is 12.1. The van der Waals surface area contributed by atoms with Gasteiger partial charge in [-0.2, -0.15) is 0 Å². The third-order valence-electron chi connectivity index (χ3n) is 2.41. The molecule has 0 aliphatic rings. The highest BCUT2D eigenvalue weighted by molar-refractivity contribution is 5.83. The van der Waals surface area contributed by atoms with Crippen molar-refractivity contribution < 1.29 is 9.72 Å². The highest BCUT2D eigenvalue weighted by Gasteiger charge is 2.15. The molecule has 0 heterocycles. The molecule has 0 fully saturated rings. The molecule has 80 valence electrons. The van der Waals surface area contributed by atoms with Crippen molar-refractivity contribution in [2.75, 3.05) is 0 Å². The summed E-state index contributed by atoms with van der Waals surface area (Å²) in [4.78, 5) is 21.2. The molecule has 0 aliphatic carbocycles. The van der Waals surface area contributed by atoms with Crippen molar-refractivity contribution in [1.82, 2.24) is 0 Å². The van der Waals surface area contributed by atoms with E-state index in [1.165, 1.54) is 19.1 Å². The van der Waals surface area contributed by atoms with Crippen molar-refractivity contribution in [2.24, 2.45) is 0 Å². The zero-order valence-electron chi connectivity index (χ0n) is 8.77. The lowest BCUT2D eigenvalue weighted by Crippen LogP contribution is -2.07. The molecule has 0 aliphatic heterocycles. The van der Waals surface area contributed by atoms with Crippen LogP contribution in [0, 0.1) is 10.1 Å². The molecule has 15 heavy (non-hydrogen) atoms. The number of Topliss-reactive ketones (excluding diaryl/α,β-unsaturated/α-hetero) is 1. The number of ketones is 1. The first-order valence-electron chi connectivity index (χ1n) is 4.81. The highest BCUT2D eigenvalue weighted by atomic mass is 16.6. The number of hydrogen-bond donors (Lipinski definition) is 0. The number of rotatable bonds is 4. The fraction of sp³-hybridized carbons (Fsp3) is 0.364. The Bertz CT molecular complexity index is 370. The first kappa shape index (κ1) is 11.4. The van der Waals surface area contributed by atoms with Gasteiger partial charge < -0.3 is 0 Å². The number of carbonyl (C=O) groups is 1. The molecule has 0 saturated carbocycles. The Kier molecular flexibility index (Phi) is 3.55. The second-order valence-corrected chi connectivity index (χ2v) is 3.42. The predicted molar refractivity (Wildman–Crippen MR) is 56.8 cm³/mol. The summed E-state index contributed by atoms with van der Waals surface area (Å²) >= 11 is 0. The van der Waals surface area contributed by atoms with Gasteiger partial charge in [0.1, 0.15) is 5.78 Å². The monoisotopic (exact) mass is 207 g/mol. The summed E-state index contributed by atoms with van der Waals surface area (Å²) in [5.74, 6) is -0.0582. The van der Waals surface area contributed by atoms with E-state index in [0.29, 0.717) is 6.42 Å². The summed E-state index contributed by atoms with van der Waals surface area (Å²) in [5.41, 5.74) is 0.896. The second kappa shape index (κ2) is 4.68. The second-order valence-electron chi connectivity index (χ2n) is 3.42. The van der Waals surface area contributed by atoms with Gasteiger partial charge in [0.2, 0.25) is 0 Å². The molecule has 0 bridgehead atoms. The topological polar surface area (TPSA) is 60.2 Å². The van der Waals surface area contributed by atoms with Crippen LogP contribution in [0.4, 0.5) is 5.69 Å². The van der Waals surface area contributed by atoms with Crippen molar-refractivity contribution >= 4 is 11.5 Å². The largest absolute Gasteiger partial charge is 0.299 e. The molecule has 1 aromatic rings. The maximum Gasteiger partial charge on any atom is 0.269 e. The number of hydrogen-bond acceptors (Lipinski definition) is 3. The van der Waals surface area contributed by atoms with Gasteiger partial charge in [0, 0.05) is 18.1 Å². The molecule has 4 heteroatoms. The third kappa shape index (κ3) is 2.62. The van der Waals surface area contributed by atoms with Crippen LogP contribution in [0.3, 0.4) is 0 Å². The Labute approximate surface area is 88.1 Å². The highest BCUT2D eigenvalue weighted by Crippen LogP contribution is 2.22. The predicted octanol–water partition coefficient (Wildman–Crippen LogP) is 2.68. The molecule has 0 amide bonds. The van der Waals surface area contributed by atoms with Crippen LogP contribution in [0.2, 0.25) is 0 Å². The lowest BCUT2D eigenvalue weighted by atomic mass is 9.93. The standard InChI is InChI=1S/C11H13NO3/c1-3-11(8(2)13)9-4-6-10(7-5-9)12(14)15/h4-7,11H,3H2,1-2H3. The molecule has 4 nitrogen and oxygen atoms in total. The van der Waals surface area contributed by atoms with Crippen LogP contribution >= 0.6 is 0 Å². The van der Waals surface area contributed by atoms with Crippen LogP contribution in [0.5, 0.6) is 0 Å². The van der Waals surface area contributed by atoms with Crippen LogP contribution in [-0.2, 0) is 4.79 Å². The van der Waals surface area contributed by atoms with Crippen molar-refractivity contribution in [3.05, 3.63) is 39.9 Å². The molecule has 0 radical (unpaired) electrons. The Balaban J connectivity index is 2.97. The van der Waals surface area contributed by atoms with Gasteiger partial charge in [-0.25, -0.2) is 0 Å². The van der Waals surface area contributed by atoms with E-state index in [9.17, 15) is 14.9 Å². The molecule has 0 aromatic heterocycles. The van der Waals surface area contributed by atoms with Gasteiger partial charge in [-0.05, 0) is 18.9 Å². The minimum absolute atomic E-state index is 0.0529. The Morgan fingerprint density at radius 1 is 1.40 bits per heavy atom. The Morgan fingerprint density at radius 3 is 2.27 bits per heavy atom. The average molecular weight is 207 g/mol. The Morgan fingerprint density at radius 2 is 1.93 bits per heavy atom. The molecule has 1 atom stereocenters. The molecule has 1 rings (SSSR count). The zero-order valence-corrected chi connectivity index (χ0v) is 8.77. The lowest BCUT2D eigenvalue weighted by Gasteiger charge is -2.10. The van der Waals surface area contributed by atoms with Crippen molar-refractivity contribution in [1.29, 1.82) is 0 Å². The number of nitro groups is 1. The summed E-state index contributed by atoms with van der Waals surface area (Å²) < 4.78 is 0. The summed E-state index contributed by atoms with van der Waals surface area (Å²) in [5, 5.41) is 10.4. The van der Waals surface area contributed by atoms with E-state index in [-0.39, 0.29) is 17.4 Å². The SMILES string of the molecule is CCC(C(C)=O)c1ccc([N+](=O)[O-])cc1. The van der Waals surface area contributed by atoms with Crippen LogP contribution in [0.1, 0.15) is 31.7 Å². The fourth-order valence-corrected chi connectivity index (χ4v) is 1.59. The number of nitrogens with zero attached hydrogens (tertiary/aromatic N) is 1. The number of nitro benzene ring substituents is 1. The van der Waals surface area contributed by atoms with Gasteiger partial charge in [0.25, 0.3) is 5.69 Å². The summed E-state index contributed by atoms with van der Waals surface area (Å²) in [7, 11) is 0. The summed E-state index contributed by atoms with van der Waals surface area (Å²) in [6, 6.07) is 6.16. The first-order chi connectivity index (χ1) is 7.06. The van der Waals surface area contributed by atoms with Crippen molar-refractivity contribution in [3.63, 3.8) is 0 Å². The Hall–Kier alpha value is -1.71. The van der Waals surface area contributed by atoms with Crippen LogP contribution < -0.4 is 0 Å². The maximum atomic E-state index is 11.3. The smallest absolute Gasteiger partial charge is 0.269 e. The molecular weight excluding hydrogens is 194 g/mol. The van der Waals surface area contributed by atoms with E-state index in [1.54, 1.807) is 12.1 Å². The van der Waals surface area contributed by atoms with Crippen molar-refractivity contribution in [2.45, 2.75) is 26.2 Å². The molecule has 0 N–H and O–H groups in total. The first-order valence-corrected chi connectivity index (χ1v) is 4.81. The fourth-order valence-electron chi connectivity index (χ4n) is 1.59. The number of non-ortho nitro benzene ring substituents is 1. The van der Waals surface area contributed by atoms with E-state index in [1.807, 2.05) is 6.92 Å². The quantitative estimate of drug-likeness (QED) is 0.563. The van der Waals surface area contributed by atoms with Crippen LogP contribution in [0.25, 0.3) is 0 Å². The van der Waals surface area contributed by atoms with Crippen LogP contribution in [-0.4, -0.2) is 10.7 Å². The minimum Gasteiger partial charge on any atom is -0.299 e. The third-order valence-corrected chi connectivity index (χ3v) is 2.41. The zero-order chi connectivity index (χ0) is 11.4. The van der Waals surface area contributed by atoms with E-state index < -0.39 is 4.92 Å². The molecule has 0 spiro atoms. The number of benzene rings is 1. The van der Waals surface area contributed by atoms with E-state index >= 15 is 0 Å². The average Bonchev–Trinajstić information content (AvgIpc) is 2.19. The minimum atomic E-state index is -0.446. The van der Waals surface area contributed by atoms with Gasteiger partial charge in [-0.15, -0.1) is 0 Å². The lowest BCUT2D eigenvalue weighted by molar-refractivity contribution is -0.384. The summed E-state index contributed by atoms with van der Waals surface area (Å²) in [6.45, 7) is 3.46. The molecule has 1 aromatic carbocycles. The van der Waals surface area contributed by atoms with E-state index in [4.69, 9.17) is 0 Å². The van der Waals surface area contributed by atoms with Gasteiger partial charge in [0.15, 0.2) is 0 Å². The van der Waals surface area contributed by atoms with E-state index in [0.717, 1.165) is 5.56 Å². The molecular formula is C11H13NO3. The summed E-state index contributed by atoms with van der Waals surface area (Å²) in [6.07, 6.45) is 0.715.